The van der Waals surface area contributed by atoms with Crippen LogP contribution in [-0.4, -0.2) is 63.8 Å². The number of nitrogens with one attached hydrogen (secondary N) is 1. The molecule has 0 bridgehead atoms. The Kier molecular flexibility index (Phi) is 4.90. The van der Waals surface area contributed by atoms with E-state index in [1.54, 1.807) is 19.1 Å². The summed E-state index contributed by atoms with van der Waals surface area (Å²) in [7, 11) is 6.98. The van der Waals surface area contributed by atoms with Crippen LogP contribution in [0.3, 0.4) is 0 Å². The number of benzene rings is 1. The van der Waals surface area contributed by atoms with E-state index in [2.05, 4.69) is 5.32 Å². The van der Waals surface area contributed by atoms with Crippen molar-refractivity contribution in [3.05, 3.63) is 23.8 Å². The van der Waals surface area contributed by atoms with Crippen LogP contribution in [0.2, 0.25) is 0 Å². The van der Waals surface area contributed by atoms with Crippen molar-refractivity contribution >= 4 is 6.03 Å². The zero-order chi connectivity index (χ0) is 15.4. The normalized spacial score (nSPS) is 16.3. The average Bonchev–Trinajstić information content (AvgIpc) is 2.83. The zero-order valence-electron chi connectivity index (χ0n) is 13.0. The molecule has 116 valence electrons. The monoisotopic (exact) mass is 293 g/mol. The predicted molar refractivity (Wildman–Crippen MR) is 80.9 cm³/mol. The lowest BCUT2D eigenvalue weighted by molar-refractivity contribution is 0.194. The second-order valence-electron chi connectivity index (χ2n) is 5.10. The van der Waals surface area contributed by atoms with E-state index >= 15 is 0 Å². The first kappa shape index (κ1) is 15.4. The second-order valence-corrected chi connectivity index (χ2v) is 5.10. The minimum Gasteiger partial charge on any atom is -0.497 e. The maximum atomic E-state index is 12.0. The van der Waals surface area contributed by atoms with E-state index in [1.165, 1.54) is 0 Å². The van der Waals surface area contributed by atoms with E-state index in [0.717, 1.165) is 30.2 Å². The van der Waals surface area contributed by atoms with Gasteiger partial charge < -0.3 is 24.6 Å². The summed E-state index contributed by atoms with van der Waals surface area (Å²) in [6.07, 6.45) is 0. The van der Waals surface area contributed by atoms with E-state index in [-0.39, 0.29) is 12.1 Å². The van der Waals surface area contributed by atoms with Gasteiger partial charge in [-0.25, -0.2) is 4.79 Å². The molecular weight excluding hydrogens is 270 g/mol. The predicted octanol–water partition coefficient (Wildman–Crippen LogP) is 1.33. The van der Waals surface area contributed by atoms with Crippen LogP contribution in [0, 0.1) is 0 Å². The lowest BCUT2D eigenvalue weighted by Gasteiger charge is -2.25. The maximum Gasteiger partial charge on any atom is 0.319 e. The number of rotatable bonds is 6. The van der Waals surface area contributed by atoms with E-state index in [9.17, 15) is 4.79 Å². The van der Waals surface area contributed by atoms with Crippen LogP contribution in [0.1, 0.15) is 11.6 Å². The number of carbonyl (C=O) groups is 1. The maximum absolute atomic E-state index is 12.0. The Morgan fingerprint density at radius 2 is 2.05 bits per heavy atom. The molecule has 1 saturated heterocycles. The summed E-state index contributed by atoms with van der Waals surface area (Å²) >= 11 is 0. The lowest BCUT2D eigenvalue weighted by Crippen LogP contribution is -2.36. The van der Waals surface area contributed by atoms with Crippen molar-refractivity contribution in [3.63, 3.8) is 0 Å². The molecular formula is C15H23N3O3. The fourth-order valence-electron chi connectivity index (χ4n) is 2.54. The minimum atomic E-state index is 0.0151. The highest BCUT2D eigenvalue weighted by Crippen LogP contribution is 2.30. The van der Waals surface area contributed by atoms with Crippen LogP contribution in [0.15, 0.2) is 18.2 Å². The van der Waals surface area contributed by atoms with Crippen LogP contribution >= 0.6 is 0 Å². The lowest BCUT2D eigenvalue weighted by atomic mass is 10.0. The fraction of sp³-hybridized carbons (Fsp3) is 0.533. The highest BCUT2D eigenvalue weighted by atomic mass is 16.5. The molecule has 6 nitrogen and oxygen atoms in total. The van der Waals surface area contributed by atoms with Crippen LogP contribution < -0.4 is 14.8 Å². The number of carbonyl (C=O) groups excluding carboxylic acids is 1. The van der Waals surface area contributed by atoms with Crippen molar-refractivity contribution in [3.8, 4) is 11.5 Å². The molecule has 6 heteroatoms. The molecule has 2 rings (SSSR count). The molecule has 2 amide bonds. The molecule has 1 fully saturated rings. The molecule has 1 N–H and O–H groups in total. The summed E-state index contributed by atoms with van der Waals surface area (Å²) in [5.41, 5.74) is 1.02. The molecule has 0 radical (unpaired) electrons. The Morgan fingerprint density at radius 1 is 1.29 bits per heavy atom. The second kappa shape index (κ2) is 6.67. The highest BCUT2D eigenvalue weighted by Gasteiger charge is 2.28. The Hall–Kier alpha value is -1.95. The summed E-state index contributed by atoms with van der Waals surface area (Å²) in [6, 6.07) is 5.82. The number of hydrogen-bond acceptors (Lipinski definition) is 4. The van der Waals surface area contributed by atoms with E-state index in [1.807, 2.05) is 37.2 Å². The number of ether oxygens (including phenoxy) is 2. The average molecular weight is 293 g/mol. The molecule has 1 aliphatic heterocycles. The standard InChI is InChI=1S/C15H23N3O3/c1-16-13(10-18-8-7-17(2)15(18)19)12-6-5-11(20-3)9-14(12)21-4/h5-6,9,13,16H,7-8,10H2,1-4H3. The number of methoxy groups -OCH3 is 2. The van der Waals surface area contributed by atoms with Crippen LogP contribution in [0.25, 0.3) is 0 Å². The molecule has 1 aromatic rings. The number of amides is 2. The number of likely N-dealkylation sites (N-methyl/N-ethyl adjacent to an activating group) is 2. The topological polar surface area (TPSA) is 54.0 Å². The van der Waals surface area contributed by atoms with Gasteiger partial charge in [-0.15, -0.1) is 0 Å². The largest absolute Gasteiger partial charge is 0.497 e. The molecule has 0 saturated carbocycles. The molecule has 0 aromatic heterocycles. The van der Waals surface area contributed by atoms with Gasteiger partial charge >= 0.3 is 6.03 Å². The number of hydrogen-bond donors (Lipinski definition) is 1. The van der Waals surface area contributed by atoms with Gasteiger partial charge in [0.2, 0.25) is 0 Å². The third kappa shape index (κ3) is 3.21. The summed E-state index contributed by atoms with van der Waals surface area (Å²) in [6.45, 7) is 2.14. The Bertz CT molecular complexity index is 507. The first-order valence-electron chi connectivity index (χ1n) is 7.00. The van der Waals surface area contributed by atoms with E-state index in [4.69, 9.17) is 9.47 Å². The molecule has 21 heavy (non-hydrogen) atoms. The number of nitrogens with zero attached hydrogens (tertiary/aromatic N) is 2. The van der Waals surface area contributed by atoms with Crippen molar-refractivity contribution in [1.29, 1.82) is 0 Å². The van der Waals surface area contributed by atoms with Gasteiger partial charge in [0, 0.05) is 38.3 Å². The minimum absolute atomic E-state index is 0.0151. The van der Waals surface area contributed by atoms with Crippen LogP contribution in [-0.2, 0) is 0 Å². The molecule has 0 spiro atoms. The van der Waals surface area contributed by atoms with Gasteiger partial charge in [-0.05, 0) is 19.2 Å². The third-order valence-corrected chi connectivity index (χ3v) is 3.87. The number of urea groups is 1. The molecule has 1 unspecified atom stereocenters. The van der Waals surface area contributed by atoms with Gasteiger partial charge in [0.15, 0.2) is 0 Å². The van der Waals surface area contributed by atoms with Gasteiger partial charge in [-0.3, -0.25) is 0 Å². The Labute approximate surface area is 125 Å². The molecule has 1 aliphatic rings. The molecule has 1 heterocycles. The zero-order valence-corrected chi connectivity index (χ0v) is 13.0. The van der Waals surface area contributed by atoms with Crippen molar-refractivity contribution in [2.24, 2.45) is 0 Å². The summed E-state index contributed by atoms with van der Waals surface area (Å²) < 4.78 is 10.7. The first-order valence-corrected chi connectivity index (χ1v) is 7.00. The first-order chi connectivity index (χ1) is 10.1. The van der Waals surface area contributed by atoms with Crippen molar-refractivity contribution in [2.75, 3.05) is 47.9 Å². The van der Waals surface area contributed by atoms with Crippen LogP contribution in [0.5, 0.6) is 11.5 Å². The van der Waals surface area contributed by atoms with E-state index in [0.29, 0.717) is 6.54 Å². The molecule has 1 atom stereocenters. The smallest absolute Gasteiger partial charge is 0.319 e. The molecule has 0 aliphatic carbocycles. The van der Waals surface area contributed by atoms with Gasteiger partial charge in [-0.2, -0.15) is 0 Å². The SMILES string of the molecule is CNC(CN1CCN(C)C1=O)c1ccc(OC)cc1OC. The van der Waals surface area contributed by atoms with E-state index < -0.39 is 0 Å². The summed E-state index contributed by atoms with van der Waals surface area (Å²) in [5.74, 6) is 1.51. The highest BCUT2D eigenvalue weighted by molar-refractivity contribution is 5.76. The quantitative estimate of drug-likeness (QED) is 0.860. The summed E-state index contributed by atoms with van der Waals surface area (Å²) in [5, 5.41) is 3.26. The molecule has 1 aromatic carbocycles. The van der Waals surface area contributed by atoms with Gasteiger partial charge in [0.25, 0.3) is 0 Å². The van der Waals surface area contributed by atoms with Gasteiger partial charge in [-0.1, -0.05) is 0 Å². The van der Waals surface area contributed by atoms with Crippen LogP contribution in [0.4, 0.5) is 4.79 Å². The van der Waals surface area contributed by atoms with Gasteiger partial charge in [0.05, 0.1) is 20.3 Å². The summed E-state index contributed by atoms with van der Waals surface area (Å²) in [4.78, 5) is 15.6. The fourth-order valence-corrected chi connectivity index (χ4v) is 2.54. The van der Waals surface area contributed by atoms with Crippen molar-refractivity contribution in [2.45, 2.75) is 6.04 Å². The Balaban J connectivity index is 2.19. The third-order valence-electron chi connectivity index (χ3n) is 3.87. The van der Waals surface area contributed by atoms with Crippen molar-refractivity contribution in [1.82, 2.24) is 15.1 Å². The Morgan fingerprint density at radius 3 is 2.57 bits per heavy atom. The van der Waals surface area contributed by atoms with Crippen molar-refractivity contribution < 1.29 is 14.3 Å². The van der Waals surface area contributed by atoms with Gasteiger partial charge in [0.1, 0.15) is 11.5 Å².